The van der Waals surface area contributed by atoms with Crippen LogP contribution in [0.3, 0.4) is 0 Å². The molecular weight excluding hydrogens is 387 g/mol. The van der Waals surface area contributed by atoms with Crippen molar-refractivity contribution in [1.29, 1.82) is 0 Å². The SMILES string of the molecule is Cl.Cl.Fc1cc(F)c(F)c([C@@H](c2cccs2)N2CCNCC2)c1F. The maximum Gasteiger partial charge on any atom is 0.167 e. The fourth-order valence-corrected chi connectivity index (χ4v) is 3.59. The number of benzene rings is 1. The van der Waals surface area contributed by atoms with Crippen LogP contribution in [0.4, 0.5) is 17.6 Å². The quantitative estimate of drug-likeness (QED) is 0.612. The number of nitrogens with one attached hydrogen (secondary N) is 1. The molecule has 1 N–H and O–H groups in total. The second kappa shape index (κ2) is 9.01. The summed E-state index contributed by atoms with van der Waals surface area (Å²) in [6.07, 6.45) is 0. The lowest BCUT2D eigenvalue weighted by atomic mass is 10.0. The van der Waals surface area contributed by atoms with Gasteiger partial charge in [0.25, 0.3) is 0 Å². The van der Waals surface area contributed by atoms with Gasteiger partial charge in [0.05, 0.1) is 11.6 Å². The van der Waals surface area contributed by atoms with E-state index in [1.807, 2.05) is 4.90 Å². The first-order chi connectivity index (χ1) is 10.6. The van der Waals surface area contributed by atoms with E-state index >= 15 is 0 Å². The van der Waals surface area contributed by atoms with E-state index in [4.69, 9.17) is 0 Å². The van der Waals surface area contributed by atoms with Gasteiger partial charge in [0.1, 0.15) is 0 Å². The van der Waals surface area contributed by atoms with Gasteiger partial charge >= 0.3 is 0 Å². The van der Waals surface area contributed by atoms with E-state index in [1.165, 1.54) is 11.3 Å². The van der Waals surface area contributed by atoms with Crippen LogP contribution in [0.5, 0.6) is 0 Å². The molecule has 1 saturated heterocycles. The summed E-state index contributed by atoms with van der Waals surface area (Å²) in [6.45, 7) is 2.39. The first kappa shape index (κ1) is 21.2. The lowest BCUT2D eigenvalue weighted by Crippen LogP contribution is -2.45. The summed E-state index contributed by atoms with van der Waals surface area (Å²) in [5.41, 5.74) is -0.554. The van der Waals surface area contributed by atoms with Crippen molar-refractivity contribution in [3.8, 4) is 0 Å². The Morgan fingerprint density at radius 2 is 1.58 bits per heavy atom. The molecule has 1 aliphatic rings. The second-order valence-electron chi connectivity index (χ2n) is 5.09. The molecule has 0 unspecified atom stereocenters. The fraction of sp³-hybridized carbons (Fsp3) is 0.333. The largest absolute Gasteiger partial charge is 0.314 e. The second-order valence-corrected chi connectivity index (χ2v) is 6.07. The maximum atomic E-state index is 14.2. The maximum absolute atomic E-state index is 14.2. The zero-order valence-electron chi connectivity index (χ0n) is 12.4. The number of halogens is 6. The first-order valence-electron chi connectivity index (χ1n) is 6.90. The van der Waals surface area contributed by atoms with E-state index in [2.05, 4.69) is 5.32 Å². The Morgan fingerprint density at radius 1 is 1.00 bits per heavy atom. The van der Waals surface area contributed by atoms with Crippen molar-refractivity contribution in [3.63, 3.8) is 0 Å². The Morgan fingerprint density at radius 3 is 2.08 bits per heavy atom. The highest BCUT2D eigenvalue weighted by Gasteiger charge is 2.32. The van der Waals surface area contributed by atoms with Crippen molar-refractivity contribution in [2.24, 2.45) is 0 Å². The molecule has 134 valence electrons. The van der Waals surface area contributed by atoms with Crippen LogP contribution in [0.25, 0.3) is 0 Å². The summed E-state index contributed by atoms with van der Waals surface area (Å²) in [7, 11) is 0. The molecule has 3 rings (SSSR count). The summed E-state index contributed by atoms with van der Waals surface area (Å²) < 4.78 is 55.6. The van der Waals surface area contributed by atoms with E-state index in [0.717, 1.165) is 0 Å². The number of hydrogen-bond acceptors (Lipinski definition) is 3. The van der Waals surface area contributed by atoms with Gasteiger partial charge in [-0.15, -0.1) is 36.2 Å². The monoisotopic (exact) mass is 402 g/mol. The molecule has 9 heteroatoms. The zero-order chi connectivity index (χ0) is 15.7. The highest BCUT2D eigenvalue weighted by molar-refractivity contribution is 7.10. The molecule has 2 aromatic rings. The molecule has 2 heterocycles. The molecule has 1 fully saturated rings. The van der Waals surface area contributed by atoms with Crippen LogP contribution in [-0.2, 0) is 0 Å². The fourth-order valence-electron chi connectivity index (χ4n) is 2.72. The third-order valence-corrected chi connectivity index (χ3v) is 4.67. The molecule has 1 aliphatic heterocycles. The number of thiophene rings is 1. The molecule has 0 amide bonds. The molecule has 1 atom stereocenters. The molecule has 1 aromatic carbocycles. The molecule has 1 aromatic heterocycles. The molecule has 2 nitrogen and oxygen atoms in total. The van der Waals surface area contributed by atoms with E-state index in [-0.39, 0.29) is 30.9 Å². The highest BCUT2D eigenvalue weighted by Crippen LogP contribution is 2.36. The summed E-state index contributed by atoms with van der Waals surface area (Å²) in [5, 5.41) is 4.92. The van der Waals surface area contributed by atoms with Crippen molar-refractivity contribution in [2.45, 2.75) is 6.04 Å². The van der Waals surface area contributed by atoms with Crippen LogP contribution >= 0.6 is 36.2 Å². The van der Waals surface area contributed by atoms with Crippen molar-refractivity contribution in [3.05, 3.63) is 57.3 Å². The van der Waals surface area contributed by atoms with Crippen LogP contribution in [0.15, 0.2) is 23.6 Å². The Bertz CT molecular complexity index is 638. The topological polar surface area (TPSA) is 15.3 Å². The van der Waals surface area contributed by atoms with Gasteiger partial charge in [-0.05, 0) is 11.4 Å². The van der Waals surface area contributed by atoms with E-state index < -0.39 is 34.9 Å². The van der Waals surface area contributed by atoms with Gasteiger partial charge in [-0.25, -0.2) is 17.6 Å². The van der Waals surface area contributed by atoms with E-state index in [9.17, 15) is 17.6 Å². The van der Waals surface area contributed by atoms with Gasteiger partial charge < -0.3 is 5.32 Å². The summed E-state index contributed by atoms with van der Waals surface area (Å²) in [5.74, 6) is -5.39. The standard InChI is InChI=1S/C15H14F4N2S.2ClH/c16-9-8-10(17)14(19)12(13(9)18)15(11-2-1-7-22-11)21-5-3-20-4-6-21;;/h1-2,7-8,15,20H,3-6H2;2*1H/t15-;;/m1../s1. The Hall–Kier alpha value is -0.860. The smallest absolute Gasteiger partial charge is 0.167 e. The van der Waals surface area contributed by atoms with Gasteiger partial charge in [0, 0.05) is 37.1 Å². The van der Waals surface area contributed by atoms with Crippen LogP contribution in [0, 0.1) is 23.3 Å². The summed E-state index contributed by atoms with van der Waals surface area (Å²) in [4.78, 5) is 2.49. The van der Waals surface area contributed by atoms with Crippen molar-refractivity contribution >= 4 is 36.2 Å². The van der Waals surface area contributed by atoms with E-state index in [1.54, 1.807) is 17.5 Å². The summed E-state index contributed by atoms with van der Waals surface area (Å²) >= 11 is 1.31. The number of nitrogens with zero attached hydrogens (tertiary/aromatic N) is 1. The number of rotatable bonds is 3. The summed E-state index contributed by atoms with van der Waals surface area (Å²) in [6, 6.07) is 2.89. The molecule has 0 radical (unpaired) electrons. The Balaban J connectivity index is 0.00000144. The zero-order valence-corrected chi connectivity index (χ0v) is 14.8. The van der Waals surface area contributed by atoms with Gasteiger partial charge in [-0.3, -0.25) is 4.90 Å². The lowest BCUT2D eigenvalue weighted by Gasteiger charge is -2.35. The predicted molar refractivity (Wildman–Crippen MR) is 91.4 cm³/mol. The minimum absolute atomic E-state index is 0. The van der Waals surface area contributed by atoms with Crippen LogP contribution < -0.4 is 5.32 Å². The molecule has 24 heavy (non-hydrogen) atoms. The van der Waals surface area contributed by atoms with Gasteiger partial charge in [0.2, 0.25) is 0 Å². The molecule has 0 aliphatic carbocycles. The number of hydrogen-bond donors (Lipinski definition) is 1. The minimum atomic E-state index is -1.37. The Labute approximate surface area is 153 Å². The lowest BCUT2D eigenvalue weighted by molar-refractivity contribution is 0.192. The Kier molecular flexibility index (Phi) is 7.95. The van der Waals surface area contributed by atoms with Crippen molar-refractivity contribution in [2.75, 3.05) is 26.2 Å². The van der Waals surface area contributed by atoms with Crippen LogP contribution in [0.1, 0.15) is 16.5 Å². The predicted octanol–water partition coefficient (Wildman–Crippen LogP) is 4.14. The minimum Gasteiger partial charge on any atom is -0.314 e. The molecule has 0 spiro atoms. The number of piperazine rings is 1. The molecule has 0 saturated carbocycles. The molecule has 0 bridgehead atoms. The first-order valence-corrected chi connectivity index (χ1v) is 7.78. The third-order valence-electron chi connectivity index (χ3n) is 3.75. The van der Waals surface area contributed by atoms with Crippen molar-refractivity contribution in [1.82, 2.24) is 10.2 Å². The average Bonchev–Trinajstić information content (AvgIpc) is 3.04. The van der Waals surface area contributed by atoms with Gasteiger partial charge in [-0.1, -0.05) is 6.07 Å². The molecular formula is C15H16Cl2F4N2S. The van der Waals surface area contributed by atoms with Crippen LogP contribution in [0.2, 0.25) is 0 Å². The van der Waals surface area contributed by atoms with Crippen molar-refractivity contribution < 1.29 is 17.6 Å². The average molecular weight is 403 g/mol. The highest BCUT2D eigenvalue weighted by atomic mass is 35.5. The van der Waals surface area contributed by atoms with Crippen LogP contribution in [-0.4, -0.2) is 31.1 Å². The normalized spacial score (nSPS) is 16.2. The third kappa shape index (κ3) is 4.03. The van der Waals surface area contributed by atoms with Gasteiger partial charge in [0.15, 0.2) is 23.3 Å². The van der Waals surface area contributed by atoms with E-state index in [0.29, 0.717) is 31.1 Å². The van der Waals surface area contributed by atoms with Gasteiger partial charge in [-0.2, -0.15) is 0 Å².